The molecule has 1 radical (unpaired) electrons. The number of hydrogen-bond donors (Lipinski definition) is 0. The predicted molar refractivity (Wildman–Crippen MR) is 89.9 cm³/mol. The van der Waals surface area contributed by atoms with Crippen LogP contribution in [0.15, 0.2) is 30.3 Å². The molecule has 0 fully saturated rings. The van der Waals surface area contributed by atoms with Crippen molar-refractivity contribution < 1.29 is 58.5 Å². The van der Waals surface area contributed by atoms with Gasteiger partial charge >= 0.3 is 15.6 Å². The summed E-state index contributed by atoms with van der Waals surface area (Å²) < 4.78 is 63.8. The van der Waals surface area contributed by atoms with E-state index in [1.807, 2.05) is 18.2 Å². The van der Waals surface area contributed by atoms with Crippen LogP contribution in [-0.2, 0) is 42.8 Å². The normalized spacial score (nSPS) is 12.0. The van der Waals surface area contributed by atoms with Gasteiger partial charge in [-0.15, -0.1) is 35.4 Å². The quantitative estimate of drug-likeness (QED) is 0.362. The second-order valence-electron chi connectivity index (χ2n) is 6.11. The summed E-state index contributed by atoms with van der Waals surface area (Å²) >= 11 is 0. The third-order valence-corrected chi connectivity index (χ3v) is 4.75. The Morgan fingerprint density at radius 2 is 1.62 bits per heavy atom. The van der Waals surface area contributed by atoms with E-state index in [0.717, 1.165) is 16.7 Å². The zero-order valence-corrected chi connectivity index (χ0v) is 18.5. The molecule has 0 amide bonds. The Kier molecular flexibility index (Phi) is 7.47. The summed E-state index contributed by atoms with van der Waals surface area (Å²) in [6, 6.07) is 11.4. The molecule has 0 spiro atoms. The van der Waals surface area contributed by atoms with Crippen molar-refractivity contribution in [1.82, 2.24) is 0 Å². The van der Waals surface area contributed by atoms with Crippen molar-refractivity contribution in [1.29, 1.82) is 0 Å². The maximum absolute atomic E-state index is 12.4. The van der Waals surface area contributed by atoms with Crippen molar-refractivity contribution >= 4 is 10.1 Å². The van der Waals surface area contributed by atoms with E-state index in [2.05, 4.69) is 24.1 Å². The smallest absolute Gasteiger partial charge is 0.376 e. The van der Waals surface area contributed by atoms with E-state index in [9.17, 15) is 21.6 Å². The van der Waals surface area contributed by atoms with E-state index < -0.39 is 15.6 Å². The maximum atomic E-state index is 12.4. The molecule has 0 aliphatic carbocycles. The molecule has 2 aromatic carbocycles. The van der Waals surface area contributed by atoms with E-state index in [-0.39, 0.29) is 38.5 Å². The van der Waals surface area contributed by atoms with Crippen LogP contribution < -0.4 is 4.18 Å². The Morgan fingerprint density at radius 3 is 2.00 bits per heavy atom. The van der Waals surface area contributed by atoms with Crippen LogP contribution in [0.2, 0.25) is 0 Å². The average Bonchev–Trinajstić information content (AvgIpc) is 2.45. The third kappa shape index (κ3) is 5.08. The summed E-state index contributed by atoms with van der Waals surface area (Å²) in [4.78, 5) is 0. The van der Waals surface area contributed by atoms with E-state index >= 15 is 0 Å². The molecule has 0 aliphatic rings. The van der Waals surface area contributed by atoms with Gasteiger partial charge in [-0.1, -0.05) is 36.5 Å². The van der Waals surface area contributed by atoms with Crippen LogP contribution in [0.25, 0.3) is 11.1 Å². The summed E-state index contributed by atoms with van der Waals surface area (Å²) in [5.41, 5.74) is -1.58. The van der Waals surface area contributed by atoms with Crippen LogP contribution in [0.3, 0.4) is 0 Å². The fourth-order valence-electron chi connectivity index (χ4n) is 2.52. The van der Waals surface area contributed by atoms with Gasteiger partial charge in [0.2, 0.25) is 0 Å². The van der Waals surface area contributed by atoms with Crippen LogP contribution in [0, 0.1) is 19.9 Å². The van der Waals surface area contributed by atoms with Gasteiger partial charge in [0.25, 0.3) is 0 Å². The average molecular weight is 460 g/mol. The molecule has 2 rings (SSSR count). The molecule has 0 unspecified atom stereocenters. The topological polar surface area (TPSA) is 43.4 Å². The molecule has 0 atom stereocenters. The number of aryl methyl sites for hydroxylation is 2. The molecule has 26 heavy (non-hydrogen) atoms. The van der Waals surface area contributed by atoms with Crippen LogP contribution in [0.1, 0.15) is 36.5 Å². The van der Waals surface area contributed by atoms with Crippen molar-refractivity contribution in [3.8, 4) is 16.9 Å². The number of alkyl halides is 3. The summed E-state index contributed by atoms with van der Waals surface area (Å²) in [6.45, 7) is 7.48. The van der Waals surface area contributed by atoms with Crippen LogP contribution in [0.4, 0.5) is 13.2 Å². The Bertz CT molecular complexity index is 851. The molecule has 0 saturated carbocycles. The Labute approximate surface area is 177 Å². The van der Waals surface area contributed by atoms with Gasteiger partial charge in [0.15, 0.2) is 0 Å². The maximum Gasteiger partial charge on any atom is 0.534 e. The number of halogens is 3. The molecule has 0 heterocycles. The zero-order chi connectivity index (χ0) is 19.0. The van der Waals surface area contributed by atoms with Crippen molar-refractivity contribution in [2.24, 2.45) is 0 Å². The minimum absolute atomic E-state index is 0. The molecule has 139 valence electrons. The van der Waals surface area contributed by atoms with Gasteiger partial charge < -0.3 is 4.18 Å². The van der Waals surface area contributed by atoms with E-state index in [0.29, 0.717) is 17.0 Å². The fraction of sp³-hybridized carbons (Fsp3) is 0.333. The minimum Gasteiger partial charge on any atom is -0.376 e. The largest absolute Gasteiger partial charge is 0.534 e. The third-order valence-electron chi connectivity index (χ3n) is 3.77. The molecule has 0 bridgehead atoms. The standard InChI is InChI=1S/C18H18F3O3S.Y/c1-11(2)14-5-7-15(8-6-14)17-12(3)9-16(10-13(17)4)24-25(22,23)18(19,20)21;/h5-7,9-11H,1-4H3;/q-1;. The van der Waals surface area contributed by atoms with Crippen molar-refractivity contribution in [3.05, 3.63) is 53.1 Å². The van der Waals surface area contributed by atoms with E-state index in [4.69, 9.17) is 0 Å². The second kappa shape index (κ2) is 8.40. The molecule has 0 aliphatic heterocycles. The van der Waals surface area contributed by atoms with Gasteiger partial charge in [0.05, 0.1) is 0 Å². The minimum atomic E-state index is -5.68. The first kappa shape index (κ1) is 23.1. The zero-order valence-electron chi connectivity index (χ0n) is 14.8. The summed E-state index contributed by atoms with van der Waals surface area (Å²) in [7, 11) is -5.68. The summed E-state index contributed by atoms with van der Waals surface area (Å²) in [6.07, 6.45) is 0. The Balaban J connectivity index is 0.00000338. The monoisotopic (exact) mass is 460 g/mol. The van der Waals surface area contributed by atoms with E-state index in [1.165, 1.54) is 12.1 Å². The van der Waals surface area contributed by atoms with Gasteiger partial charge in [-0.05, 0) is 26.0 Å². The number of benzene rings is 2. The summed E-state index contributed by atoms with van der Waals surface area (Å²) in [5, 5.41) is 0. The summed E-state index contributed by atoms with van der Waals surface area (Å²) in [5.74, 6) is -0.00859. The fourth-order valence-corrected chi connectivity index (χ4v) is 2.97. The number of hydrogen-bond acceptors (Lipinski definition) is 3. The van der Waals surface area contributed by atoms with E-state index in [1.54, 1.807) is 13.8 Å². The van der Waals surface area contributed by atoms with Gasteiger partial charge in [0.1, 0.15) is 5.75 Å². The van der Waals surface area contributed by atoms with Crippen molar-refractivity contribution in [3.63, 3.8) is 0 Å². The number of rotatable bonds is 4. The van der Waals surface area contributed by atoms with Crippen LogP contribution in [-0.4, -0.2) is 13.9 Å². The molecule has 8 heteroatoms. The molecular weight excluding hydrogens is 442 g/mol. The molecule has 0 aromatic heterocycles. The first-order chi connectivity index (χ1) is 11.4. The second-order valence-corrected chi connectivity index (χ2v) is 7.64. The van der Waals surface area contributed by atoms with Gasteiger partial charge in [-0.3, -0.25) is 0 Å². The van der Waals surface area contributed by atoms with Gasteiger partial charge in [-0.25, -0.2) is 0 Å². The van der Waals surface area contributed by atoms with Gasteiger partial charge in [0, 0.05) is 32.7 Å². The van der Waals surface area contributed by atoms with Gasteiger partial charge in [-0.2, -0.15) is 21.6 Å². The Hall–Kier alpha value is -0.916. The molecular formula is C18H18F3O3SY-. The van der Waals surface area contributed by atoms with Crippen LogP contribution >= 0.6 is 0 Å². The SMILES string of the molecule is Cc1cc(OS(=O)(=O)C(F)(F)F)cc(C)c1-c1[c-]cc(C(C)C)cc1.[Y]. The molecule has 0 saturated heterocycles. The molecule has 0 N–H and O–H groups in total. The first-order valence-electron chi connectivity index (χ1n) is 7.56. The van der Waals surface area contributed by atoms with Crippen LogP contribution in [0.5, 0.6) is 5.75 Å². The first-order valence-corrected chi connectivity index (χ1v) is 8.97. The molecule has 3 nitrogen and oxygen atoms in total. The Morgan fingerprint density at radius 1 is 1.08 bits per heavy atom. The predicted octanol–water partition coefficient (Wildman–Crippen LogP) is 5.12. The van der Waals surface area contributed by atoms with Crippen molar-refractivity contribution in [2.75, 3.05) is 0 Å². The molecule has 2 aromatic rings. The van der Waals surface area contributed by atoms with Crippen molar-refractivity contribution in [2.45, 2.75) is 39.1 Å².